The number of ether oxygens (including phenoxy) is 1. The maximum Gasteiger partial charge on any atom is 0.123 e. The third-order valence-corrected chi connectivity index (χ3v) is 2.66. The molecule has 3 nitrogen and oxygen atoms in total. The van der Waals surface area contributed by atoms with Crippen LogP contribution in [0.3, 0.4) is 0 Å². The van der Waals surface area contributed by atoms with Crippen LogP contribution in [0.1, 0.15) is 47.5 Å². The van der Waals surface area contributed by atoms with Crippen molar-refractivity contribution in [3.05, 3.63) is 18.2 Å². The lowest BCUT2D eigenvalue weighted by Crippen LogP contribution is -2.30. The second-order valence-corrected chi connectivity index (χ2v) is 5.72. The van der Waals surface area contributed by atoms with Crippen molar-refractivity contribution in [1.82, 2.24) is 0 Å². The molecule has 0 aliphatic carbocycles. The molecule has 0 heterocycles. The number of nitrogens with two attached hydrogens (primary N) is 1. The zero-order valence-electron chi connectivity index (χ0n) is 12.2. The topological polar surface area (TPSA) is 47.3 Å². The van der Waals surface area contributed by atoms with Crippen molar-refractivity contribution < 1.29 is 4.74 Å². The Hall–Kier alpha value is -1.38. The molecule has 3 N–H and O–H groups in total. The molecule has 0 saturated carbocycles. The molecular formula is C15H26N2O. The predicted octanol–water partition coefficient (Wildman–Crippen LogP) is 4.05. The first-order valence-electron chi connectivity index (χ1n) is 6.68. The SMILES string of the molecule is CCCC(C)(C)Nc1cc(N)cc(OC(C)C)c1. The van der Waals surface area contributed by atoms with Gasteiger partial charge in [-0.25, -0.2) is 0 Å². The largest absolute Gasteiger partial charge is 0.491 e. The van der Waals surface area contributed by atoms with E-state index in [0.717, 1.165) is 30.0 Å². The van der Waals surface area contributed by atoms with Crippen molar-refractivity contribution in [3.8, 4) is 5.75 Å². The fourth-order valence-electron chi connectivity index (χ4n) is 2.11. The fraction of sp³-hybridized carbons (Fsp3) is 0.600. The smallest absolute Gasteiger partial charge is 0.123 e. The summed E-state index contributed by atoms with van der Waals surface area (Å²) in [6, 6.07) is 5.82. The van der Waals surface area contributed by atoms with Gasteiger partial charge in [-0.3, -0.25) is 0 Å². The zero-order valence-corrected chi connectivity index (χ0v) is 12.2. The van der Waals surface area contributed by atoms with Gasteiger partial charge in [-0.15, -0.1) is 0 Å². The Morgan fingerprint density at radius 2 is 1.94 bits per heavy atom. The summed E-state index contributed by atoms with van der Waals surface area (Å²) in [5, 5.41) is 3.51. The van der Waals surface area contributed by atoms with Crippen LogP contribution in [0.25, 0.3) is 0 Å². The third-order valence-electron chi connectivity index (χ3n) is 2.66. The monoisotopic (exact) mass is 250 g/mol. The van der Waals surface area contributed by atoms with Gasteiger partial charge in [0.05, 0.1) is 6.10 Å². The Morgan fingerprint density at radius 1 is 1.28 bits per heavy atom. The number of nitrogen functional groups attached to an aromatic ring is 1. The lowest BCUT2D eigenvalue weighted by atomic mass is 9.98. The van der Waals surface area contributed by atoms with E-state index in [1.54, 1.807) is 0 Å². The van der Waals surface area contributed by atoms with Gasteiger partial charge in [0.1, 0.15) is 5.75 Å². The Labute approximate surface area is 111 Å². The number of rotatable bonds is 6. The first kappa shape index (κ1) is 14.7. The molecule has 0 atom stereocenters. The molecule has 0 radical (unpaired) electrons. The summed E-state index contributed by atoms with van der Waals surface area (Å²) < 4.78 is 5.69. The normalized spacial score (nSPS) is 11.7. The third kappa shape index (κ3) is 4.86. The minimum absolute atomic E-state index is 0.0671. The minimum Gasteiger partial charge on any atom is -0.491 e. The summed E-state index contributed by atoms with van der Waals surface area (Å²) in [6.45, 7) is 10.6. The predicted molar refractivity (Wildman–Crippen MR) is 79.2 cm³/mol. The van der Waals surface area contributed by atoms with Gasteiger partial charge in [0.25, 0.3) is 0 Å². The average Bonchev–Trinajstić information content (AvgIpc) is 2.13. The van der Waals surface area contributed by atoms with Gasteiger partial charge in [0, 0.05) is 29.0 Å². The first-order valence-corrected chi connectivity index (χ1v) is 6.68. The molecule has 102 valence electrons. The van der Waals surface area contributed by atoms with Crippen LogP contribution < -0.4 is 15.8 Å². The highest BCUT2D eigenvalue weighted by Crippen LogP contribution is 2.27. The van der Waals surface area contributed by atoms with Gasteiger partial charge in [-0.2, -0.15) is 0 Å². The molecule has 0 saturated heterocycles. The summed E-state index contributed by atoms with van der Waals surface area (Å²) >= 11 is 0. The first-order chi connectivity index (χ1) is 8.32. The lowest BCUT2D eigenvalue weighted by molar-refractivity contribution is 0.242. The van der Waals surface area contributed by atoms with Crippen molar-refractivity contribution in [2.24, 2.45) is 0 Å². The molecule has 0 aliphatic heterocycles. The van der Waals surface area contributed by atoms with Crippen molar-refractivity contribution in [1.29, 1.82) is 0 Å². The maximum atomic E-state index is 5.91. The highest BCUT2D eigenvalue weighted by atomic mass is 16.5. The summed E-state index contributed by atoms with van der Waals surface area (Å²) in [4.78, 5) is 0. The van der Waals surface area contributed by atoms with Gasteiger partial charge < -0.3 is 15.8 Å². The van der Waals surface area contributed by atoms with Crippen molar-refractivity contribution >= 4 is 11.4 Å². The summed E-state index contributed by atoms with van der Waals surface area (Å²) in [5.41, 5.74) is 7.72. The second kappa shape index (κ2) is 5.98. The lowest BCUT2D eigenvalue weighted by Gasteiger charge is -2.27. The molecular weight excluding hydrogens is 224 g/mol. The average molecular weight is 250 g/mol. The van der Waals surface area contributed by atoms with E-state index in [2.05, 4.69) is 26.1 Å². The molecule has 0 spiro atoms. The van der Waals surface area contributed by atoms with E-state index in [9.17, 15) is 0 Å². The highest BCUT2D eigenvalue weighted by Gasteiger charge is 2.16. The highest BCUT2D eigenvalue weighted by molar-refractivity contribution is 5.60. The number of hydrogen-bond donors (Lipinski definition) is 2. The molecule has 1 rings (SSSR count). The number of hydrogen-bond acceptors (Lipinski definition) is 3. The summed E-state index contributed by atoms with van der Waals surface area (Å²) in [6.07, 6.45) is 2.42. The van der Waals surface area contributed by atoms with Gasteiger partial charge in [-0.1, -0.05) is 13.3 Å². The summed E-state index contributed by atoms with van der Waals surface area (Å²) in [7, 11) is 0. The standard InChI is InChI=1S/C15H26N2O/c1-6-7-15(4,5)17-13-8-12(16)9-14(10-13)18-11(2)3/h8-11,17H,6-7,16H2,1-5H3. The van der Waals surface area contributed by atoms with Crippen LogP contribution in [0.4, 0.5) is 11.4 Å². The van der Waals surface area contributed by atoms with E-state index < -0.39 is 0 Å². The van der Waals surface area contributed by atoms with E-state index in [-0.39, 0.29) is 11.6 Å². The molecule has 0 aromatic heterocycles. The van der Waals surface area contributed by atoms with Gasteiger partial charge >= 0.3 is 0 Å². The van der Waals surface area contributed by atoms with Gasteiger partial charge in [-0.05, 0) is 40.2 Å². The Balaban J connectivity index is 2.85. The maximum absolute atomic E-state index is 5.91. The Morgan fingerprint density at radius 3 is 2.50 bits per heavy atom. The second-order valence-electron chi connectivity index (χ2n) is 5.72. The molecule has 18 heavy (non-hydrogen) atoms. The quantitative estimate of drug-likeness (QED) is 0.749. The Kier molecular flexibility index (Phi) is 4.88. The zero-order chi connectivity index (χ0) is 13.8. The molecule has 1 aromatic carbocycles. The van der Waals surface area contributed by atoms with Crippen LogP contribution in [-0.4, -0.2) is 11.6 Å². The number of anilines is 2. The number of benzene rings is 1. The Bertz CT molecular complexity index is 386. The van der Waals surface area contributed by atoms with E-state index >= 15 is 0 Å². The van der Waals surface area contributed by atoms with E-state index in [4.69, 9.17) is 10.5 Å². The van der Waals surface area contributed by atoms with Crippen LogP contribution in [0.15, 0.2) is 18.2 Å². The molecule has 0 fully saturated rings. The fourth-order valence-corrected chi connectivity index (χ4v) is 2.11. The molecule has 0 bridgehead atoms. The van der Waals surface area contributed by atoms with Crippen LogP contribution in [-0.2, 0) is 0 Å². The number of nitrogens with one attached hydrogen (secondary N) is 1. The van der Waals surface area contributed by atoms with Crippen molar-refractivity contribution in [2.75, 3.05) is 11.1 Å². The van der Waals surface area contributed by atoms with Crippen LogP contribution in [0.2, 0.25) is 0 Å². The van der Waals surface area contributed by atoms with Gasteiger partial charge in [0.2, 0.25) is 0 Å². The molecule has 0 unspecified atom stereocenters. The van der Waals surface area contributed by atoms with Crippen LogP contribution in [0.5, 0.6) is 5.75 Å². The molecule has 0 aliphatic rings. The van der Waals surface area contributed by atoms with Gasteiger partial charge in [0.15, 0.2) is 0 Å². The van der Waals surface area contributed by atoms with E-state index in [0.29, 0.717) is 0 Å². The van der Waals surface area contributed by atoms with E-state index in [1.165, 1.54) is 0 Å². The van der Waals surface area contributed by atoms with Crippen molar-refractivity contribution in [3.63, 3.8) is 0 Å². The van der Waals surface area contributed by atoms with Crippen LogP contribution in [0, 0.1) is 0 Å². The molecule has 0 amide bonds. The molecule has 1 aromatic rings. The minimum atomic E-state index is 0.0671. The van der Waals surface area contributed by atoms with Crippen LogP contribution >= 0.6 is 0 Å². The summed E-state index contributed by atoms with van der Waals surface area (Å²) in [5.74, 6) is 0.819. The molecule has 3 heteroatoms. The van der Waals surface area contributed by atoms with Crippen molar-refractivity contribution in [2.45, 2.75) is 59.1 Å². The van der Waals surface area contributed by atoms with E-state index in [1.807, 2.05) is 32.0 Å².